The number of ether oxygens (including phenoxy) is 1. The van der Waals surface area contributed by atoms with Crippen LogP contribution in [0, 0.1) is 0 Å². The highest BCUT2D eigenvalue weighted by molar-refractivity contribution is 7.80. The van der Waals surface area contributed by atoms with E-state index in [0.717, 1.165) is 5.56 Å². The van der Waals surface area contributed by atoms with E-state index in [1.807, 2.05) is 12.1 Å². The summed E-state index contributed by atoms with van der Waals surface area (Å²) in [5, 5.41) is 5.34. The molecule has 0 unspecified atom stereocenters. The zero-order valence-electron chi connectivity index (χ0n) is 11.7. The fourth-order valence-corrected chi connectivity index (χ4v) is 2.49. The summed E-state index contributed by atoms with van der Waals surface area (Å²) >= 11 is 22.9. The number of hydrazone groups is 1. The van der Waals surface area contributed by atoms with Crippen LogP contribution in [0.4, 0.5) is 0 Å². The highest BCUT2D eigenvalue weighted by Crippen LogP contribution is 2.34. The van der Waals surface area contributed by atoms with Gasteiger partial charge in [0, 0.05) is 5.02 Å². The molecule has 0 aromatic heterocycles. The molecule has 23 heavy (non-hydrogen) atoms. The molecule has 0 amide bonds. The van der Waals surface area contributed by atoms with Crippen LogP contribution in [-0.2, 0) is 6.61 Å². The molecule has 0 fully saturated rings. The number of benzene rings is 2. The third-order valence-electron chi connectivity index (χ3n) is 2.71. The van der Waals surface area contributed by atoms with Gasteiger partial charge in [-0.1, -0.05) is 46.9 Å². The van der Waals surface area contributed by atoms with Gasteiger partial charge in [0.25, 0.3) is 0 Å². The Bertz CT molecular complexity index is 712. The van der Waals surface area contributed by atoms with Crippen LogP contribution in [0.15, 0.2) is 41.5 Å². The van der Waals surface area contributed by atoms with E-state index in [9.17, 15) is 0 Å². The van der Waals surface area contributed by atoms with Crippen molar-refractivity contribution < 1.29 is 4.74 Å². The van der Waals surface area contributed by atoms with Crippen LogP contribution in [0.5, 0.6) is 5.75 Å². The second-order valence-electron chi connectivity index (χ2n) is 4.46. The topological polar surface area (TPSA) is 59.6 Å². The van der Waals surface area contributed by atoms with Gasteiger partial charge in [0.15, 0.2) is 10.9 Å². The van der Waals surface area contributed by atoms with E-state index in [1.165, 1.54) is 6.21 Å². The SMILES string of the molecule is NC(=S)N/N=C\c1cc(Cl)c(OCc2ccc(Cl)cc2)c(Cl)c1. The normalized spacial score (nSPS) is 10.7. The van der Waals surface area contributed by atoms with Crippen molar-refractivity contribution in [2.75, 3.05) is 0 Å². The summed E-state index contributed by atoms with van der Waals surface area (Å²) in [5.41, 5.74) is 9.35. The van der Waals surface area contributed by atoms with Crippen molar-refractivity contribution in [3.05, 3.63) is 62.6 Å². The van der Waals surface area contributed by atoms with E-state index in [4.69, 9.17) is 45.3 Å². The van der Waals surface area contributed by atoms with Gasteiger partial charge in [0.2, 0.25) is 0 Å². The van der Waals surface area contributed by atoms with Crippen molar-refractivity contribution in [3.63, 3.8) is 0 Å². The van der Waals surface area contributed by atoms with Gasteiger partial charge in [-0.05, 0) is 47.6 Å². The van der Waals surface area contributed by atoms with Gasteiger partial charge in [-0.2, -0.15) is 5.10 Å². The Morgan fingerprint density at radius 2 is 1.78 bits per heavy atom. The first kappa shape index (κ1) is 17.8. The summed E-state index contributed by atoms with van der Waals surface area (Å²) in [4.78, 5) is 0. The zero-order chi connectivity index (χ0) is 16.8. The first-order valence-corrected chi connectivity index (χ1v) is 7.94. The zero-order valence-corrected chi connectivity index (χ0v) is 14.8. The largest absolute Gasteiger partial charge is 0.486 e. The molecule has 2 rings (SSSR count). The van der Waals surface area contributed by atoms with Crippen molar-refractivity contribution in [2.45, 2.75) is 6.61 Å². The molecule has 0 aliphatic heterocycles. The van der Waals surface area contributed by atoms with Crippen LogP contribution >= 0.6 is 47.0 Å². The van der Waals surface area contributed by atoms with E-state index in [1.54, 1.807) is 24.3 Å². The van der Waals surface area contributed by atoms with Crippen LogP contribution < -0.4 is 15.9 Å². The summed E-state index contributed by atoms with van der Waals surface area (Å²) < 4.78 is 5.68. The second-order valence-corrected chi connectivity index (χ2v) is 6.15. The number of nitrogens with one attached hydrogen (secondary N) is 1. The Hall–Kier alpha value is -1.53. The van der Waals surface area contributed by atoms with Crippen molar-refractivity contribution in [3.8, 4) is 5.75 Å². The third kappa shape index (κ3) is 5.55. The standard InChI is InChI=1S/C15H12Cl3N3OS/c16-11-3-1-9(2-4-11)8-22-14-12(17)5-10(6-13(14)18)7-20-21-15(19)23/h1-7H,8H2,(H3,19,21,23)/b20-7-. The minimum atomic E-state index is 0.0707. The summed E-state index contributed by atoms with van der Waals surface area (Å²) in [5.74, 6) is 0.405. The van der Waals surface area contributed by atoms with Crippen LogP contribution in [0.1, 0.15) is 11.1 Å². The minimum Gasteiger partial charge on any atom is -0.486 e. The number of nitrogens with zero attached hydrogens (tertiary/aromatic N) is 1. The molecule has 0 aliphatic carbocycles. The number of hydrogen-bond acceptors (Lipinski definition) is 3. The van der Waals surface area contributed by atoms with Crippen molar-refractivity contribution in [2.24, 2.45) is 10.8 Å². The Morgan fingerprint density at radius 1 is 1.17 bits per heavy atom. The lowest BCUT2D eigenvalue weighted by molar-refractivity contribution is 0.306. The van der Waals surface area contributed by atoms with E-state index < -0.39 is 0 Å². The molecule has 2 aromatic rings. The summed E-state index contributed by atoms with van der Waals surface area (Å²) in [6.07, 6.45) is 1.50. The molecule has 0 atom stereocenters. The molecular formula is C15H12Cl3N3OS. The van der Waals surface area contributed by atoms with Gasteiger partial charge in [-0.25, -0.2) is 0 Å². The van der Waals surface area contributed by atoms with Crippen LogP contribution in [0.2, 0.25) is 15.1 Å². The lowest BCUT2D eigenvalue weighted by Crippen LogP contribution is -2.23. The van der Waals surface area contributed by atoms with Gasteiger partial charge in [0.1, 0.15) is 6.61 Å². The Kier molecular flexibility index (Phi) is 6.47. The van der Waals surface area contributed by atoms with Gasteiger partial charge in [-0.15, -0.1) is 0 Å². The van der Waals surface area contributed by atoms with Gasteiger partial charge in [-0.3, -0.25) is 5.43 Å². The first-order valence-electron chi connectivity index (χ1n) is 6.40. The predicted molar refractivity (Wildman–Crippen MR) is 99.8 cm³/mol. The molecule has 0 aliphatic rings. The number of rotatable bonds is 5. The summed E-state index contributed by atoms with van der Waals surface area (Å²) in [6, 6.07) is 10.7. The average Bonchev–Trinajstić information content (AvgIpc) is 2.48. The molecule has 4 nitrogen and oxygen atoms in total. The third-order valence-corrected chi connectivity index (χ3v) is 3.61. The van der Waals surface area contributed by atoms with E-state index >= 15 is 0 Å². The van der Waals surface area contributed by atoms with Gasteiger partial charge >= 0.3 is 0 Å². The molecule has 2 aromatic carbocycles. The molecule has 0 heterocycles. The molecule has 0 saturated heterocycles. The molecule has 120 valence electrons. The maximum Gasteiger partial charge on any atom is 0.184 e. The van der Waals surface area contributed by atoms with Crippen molar-refractivity contribution >= 4 is 58.3 Å². The number of hydrogen-bond donors (Lipinski definition) is 2. The van der Waals surface area contributed by atoms with Crippen molar-refractivity contribution in [1.82, 2.24) is 5.43 Å². The fourth-order valence-electron chi connectivity index (χ4n) is 1.70. The van der Waals surface area contributed by atoms with E-state index in [0.29, 0.717) is 33.0 Å². The quantitative estimate of drug-likeness (QED) is 0.453. The second kappa shape index (κ2) is 8.36. The lowest BCUT2D eigenvalue weighted by Gasteiger charge is -2.11. The maximum atomic E-state index is 6.20. The molecule has 0 saturated carbocycles. The number of nitrogens with two attached hydrogens (primary N) is 1. The van der Waals surface area contributed by atoms with Crippen LogP contribution in [0.25, 0.3) is 0 Å². The monoisotopic (exact) mass is 387 g/mol. The first-order chi connectivity index (χ1) is 11.0. The molecule has 8 heteroatoms. The summed E-state index contributed by atoms with van der Waals surface area (Å²) in [6.45, 7) is 0.326. The highest BCUT2D eigenvalue weighted by atomic mass is 35.5. The molecular weight excluding hydrogens is 377 g/mol. The van der Waals surface area contributed by atoms with Crippen LogP contribution in [-0.4, -0.2) is 11.3 Å². The fraction of sp³-hybridized carbons (Fsp3) is 0.0667. The van der Waals surface area contributed by atoms with E-state index in [-0.39, 0.29) is 5.11 Å². The molecule has 0 radical (unpaired) electrons. The Balaban J connectivity index is 2.09. The highest BCUT2D eigenvalue weighted by Gasteiger charge is 2.09. The predicted octanol–water partition coefficient (Wildman–Crippen LogP) is 4.39. The average molecular weight is 389 g/mol. The minimum absolute atomic E-state index is 0.0707. The number of thiocarbonyl (C=S) groups is 1. The maximum absolute atomic E-state index is 6.20. The van der Waals surface area contributed by atoms with E-state index in [2.05, 4.69) is 22.7 Å². The lowest BCUT2D eigenvalue weighted by atomic mass is 10.2. The van der Waals surface area contributed by atoms with Crippen molar-refractivity contribution in [1.29, 1.82) is 0 Å². The smallest absolute Gasteiger partial charge is 0.184 e. The van der Waals surface area contributed by atoms with Crippen LogP contribution in [0.3, 0.4) is 0 Å². The summed E-state index contributed by atoms with van der Waals surface area (Å²) in [7, 11) is 0. The van der Waals surface area contributed by atoms with Gasteiger partial charge in [0.05, 0.1) is 16.3 Å². The van der Waals surface area contributed by atoms with Gasteiger partial charge < -0.3 is 10.5 Å². The number of halogens is 3. The Labute approximate surface area is 154 Å². The molecule has 3 N–H and O–H groups in total. The Morgan fingerprint density at radius 3 is 2.35 bits per heavy atom. The molecule has 0 spiro atoms. The molecule has 0 bridgehead atoms.